The number of nitrogens with one attached hydrogen (secondary N) is 2. The van der Waals surface area contributed by atoms with Gasteiger partial charge in [0.15, 0.2) is 0 Å². The number of hydrogen-bond donors (Lipinski definition) is 2. The lowest BCUT2D eigenvalue weighted by Gasteiger charge is -2.17. The Hall–Kier alpha value is -1.49. The normalized spacial score (nSPS) is 22.7. The Bertz CT molecular complexity index is 563. The summed E-state index contributed by atoms with van der Waals surface area (Å²) >= 11 is 1.56. The van der Waals surface area contributed by atoms with E-state index < -0.39 is 0 Å². The summed E-state index contributed by atoms with van der Waals surface area (Å²) in [5.74, 6) is 0.613. The summed E-state index contributed by atoms with van der Waals surface area (Å²) < 4.78 is 5.23. The molecule has 0 aromatic carbocycles. The van der Waals surface area contributed by atoms with Crippen molar-refractivity contribution in [3.63, 3.8) is 0 Å². The molecular formula is C16H20N2O2S. The zero-order chi connectivity index (χ0) is 14.7. The van der Waals surface area contributed by atoms with Crippen LogP contribution >= 0.6 is 11.8 Å². The Morgan fingerprint density at radius 2 is 2.24 bits per heavy atom. The SMILES string of the molecule is N=C1SC2CCCCCCC2=C1C(=O)NCc1ccco1. The lowest BCUT2D eigenvalue weighted by Crippen LogP contribution is -2.27. The van der Waals surface area contributed by atoms with Gasteiger partial charge >= 0.3 is 0 Å². The van der Waals surface area contributed by atoms with Crippen molar-refractivity contribution in [2.75, 3.05) is 0 Å². The van der Waals surface area contributed by atoms with Crippen LogP contribution < -0.4 is 5.32 Å². The van der Waals surface area contributed by atoms with Crippen LogP contribution in [0, 0.1) is 5.41 Å². The Labute approximate surface area is 128 Å². The van der Waals surface area contributed by atoms with Gasteiger partial charge in [0.2, 0.25) is 0 Å². The average Bonchev–Trinajstić information content (AvgIpc) is 3.05. The second kappa shape index (κ2) is 6.52. The van der Waals surface area contributed by atoms with Crippen LogP contribution in [-0.4, -0.2) is 16.2 Å². The predicted molar refractivity (Wildman–Crippen MR) is 84.4 cm³/mol. The Morgan fingerprint density at radius 1 is 1.38 bits per heavy atom. The Kier molecular flexibility index (Phi) is 4.48. The molecule has 1 unspecified atom stereocenters. The van der Waals surface area contributed by atoms with E-state index in [-0.39, 0.29) is 5.91 Å². The standard InChI is InChI=1S/C16H20N2O2S/c17-15-14(16(19)18-10-11-6-5-9-20-11)12-7-3-1-2-4-8-13(12)21-15/h5-6,9,13,17H,1-4,7-8,10H2,(H,18,19). The third-order valence-electron chi connectivity index (χ3n) is 4.09. The maximum absolute atomic E-state index is 12.4. The molecular weight excluding hydrogens is 284 g/mol. The molecule has 0 saturated heterocycles. The molecule has 1 aromatic heterocycles. The van der Waals surface area contributed by atoms with E-state index in [1.165, 1.54) is 24.8 Å². The maximum atomic E-state index is 12.4. The van der Waals surface area contributed by atoms with E-state index in [0.717, 1.165) is 25.0 Å². The summed E-state index contributed by atoms with van der Waals surface area (Å²) in [6.45, 7) is 0.380. The minimum absolute atomic E-state index is 0.123. The molecule has 4 nitrogen and oxygen atoms in total. The number of carbonyl (C=O) groups excluding carboxylic acids is 1. The van der Waals surface area contributed by atoms with Crippen molar-refractivity contribution in [1.29, 1.82) is 5.41 Å². The average molecular weight is 304 g/mol. The van der Waals surface area contributed by atoms with Gasteiger partial charge in [-0.15, -0.1) is 0 Å². The molecule has 1 atom stereocenters. The first-order valence-electron chi connectivity index (χ1n) is 7.55. The Morgan fingerprint density at radius 3 is 3.05 bits per heavy atom. The smallest absolute Gasteiger partial charge is 0.254 e. The fraction of sp³-hybridized carbons (Fsp3) is 0.500. The molecule has 1 saturated carbocycles. The van der Waals surface area contributed by atoms with Crippen LogP contribution in [0.4, 0.5) is 0 Å². The number of rotatable bonds is 3. The van der Waals surface area contributed by atoms with Crippen LogP contribution in [0.2, 0.25) is 0 Å². The molecule has 0 spiro atoms. The van der Waals surface area contributed by atoms with Crippen molar-refractivity contribution in [3.8, 4) is 0 Å². The third-order valence-corrected chi connectivity index (χ3v) is 5.33. The van der Waals surface area contributed by atoms with Crippen LogP contribution in [0.1, 0.15) is 44.3 Å². The van der Waals surface area contributed by atoms with Gasteiger partial charge in [-0.2, -0.15) is 0 Å². The predicted octanol–water partition coefficient (Wildman–Crippen LogP) is 3.64. The first-order chi connectivity index (χ1) is 10.3. The van der Waals surface area contributed by atoms with Gasteiger partial charge in [0.05, 0.1) is 18.4 Å². The molecule has 0 bridgehead atoms. The fourth-order valence-electron chi connectivity index (χ4n) is 3.01. The number of hydrogen-bond acceptors (Lipinski definition) is 4. The van der Waals surface area contributed by atoms with Crippen LogP contribution in [0.25, 0.3) is 0 Å². The van der Waals surface area contributed by atoms with Crippen molar-refractivity contribution in [2.45, 2.75) is 50.3 Å². The van der Waals surface area contributed by atoms with Gasteiger partial charge in [-0.3, -0.25) is 10.2 Å². The molecule has 3 rings (SSSR count). The molecule has 2 aliphatic rings. The van der Waals surface area contributed by atoms with Gasteiger partial charge in [0, 0.05) is 5.25 Å². The van der Waals surface area contributed by atoms with Crippen molar-refractivity contribution >= 4 is 22.7 Å². The molecule has 1 aromatic rings. The number of furan rings is 1. The summed E-state index contributed by atoms with van der Waals surface area (Å²) in [4.78, 5) is 12.4. The second-order valence-corrected chi connectivity index (χ2v) is 6.76. The van der Waals surface area contributed by atoms with E-state index >= 15 is 0 Å². The monoisotopic (exact) mass is 304 g/mol. The zero-order valence-electron chi connectivity index (χ0n) is 12.0. The first-order valence-corrected chi connectivity index (χ1v) is 8.43. The molecule has 112 valence electrons. The third kappa shape index (κ3) is 3.23. The van der Waals surface area contributed by atoms with Crippen molar-refractivity contribution in [3.05, 3.63) is 35.3 Å². The molecule has 5 heteroatoms. The van der Waals surface area contributed by atoms with Crippen LogP contribution in [0.5, 0.6) is 0 Å². The highest BCUT2D eigenvalue weighted by Gasteiger charge is 2.34. The summed E-state index contributed by atoms with van der Waals surface area (Å²) in [5, 5.41) is 11.8. The van der Waals surface area contributed by atoms with E-state index in [9.17, 15) is 4.79 Å². The van der Waals surface area contributed by atoms with E-state index in [4.69, 9.17) is 9.83 Å². The van der Waals surface area contributed by atoms with E-state index in [2.05, 4.69) is 5.32 Å². The summed E-state index contributed by atoms with van der Waals surface area (Å²) in [6, 6.07) is 3.65. The van der Waals surface area contributed by atoms with E-state index in [1.54, 1.807) is 18.0 Å². The van der Waals surface area contributed by atoms with Gasteiger partial charge in [0.1, 0.15) is 10.8 Å². The lowest BCUT2D eigenvalue weighted by molar-refractivity contribution is -0.117. The summed E-state index contributed by atoms with van der Waals surface area (Å²) in [5.41, 5.74) is 1.82. The second-order valence-electron chi connectivity index (χ2n) is 5.55. The fourth-order valence-corrected chi connectivity index (χ4v) is 4.30. The van der Waals surface area contributed by atoms with Crippen molar-refractivity contribution < 1.29 is 9.21 Å². The number of fused-ring (bicyclic) bond motifs is 1. The minimum Gasteiger partial charge on any atom is -0.467 e. The largest absolute Gasteiger partial charge is 0.467 e. The van der Waals surface area contributed by atoms with Gasteiger partial charge in [0.25, 0.3) is 5.91 Å². The summed E-state index contributed by atoms with van der Waals surface area (Å²) in [7, 11) is 0. The molecule has 21 heavy (non-hydrogen) atoms. The van der Waals surface area contributed by atoms with Crippen molar-refractivity contribution in [1.82, 2.24) is 5.32 Å². The lowest BCUT2D eigenvalue weighted by atomic mass is 9.92. The minimum atomic E-state index is -0.123. The van der Waals surface area contributed by atoms with Gasteiger partial charge in [-0.1, -0.05) is 31.0 Å². The van der Waals surface area contributed by atoms with E-state index in [0.29, 0.717) is 22.4 Å². The zero-order valence-corrected chi connectivity index (χ0v) is 12.8. The molecule has 0 radical (unpaired) electrons. The van der Waals surface area contributed by atoms with E-state index in [1.807, 2.05) is 12.1 Å². The topological polar surface area (TPSA) is 66.1 Å². The maximum Gasteiger partial charge on any atom is 0.254 e. The molecule has 1 aliphatic heterocycles. The van der Waals surface area contributed by atoms with Gasteiger partial charge in [-0.25, -0.2) is 0 Å². The highest BCUT2D eigenvalue weighted by Crippen LogP contribution is 2.41. The van der Waals surface area contributed by atoms with Gasteiger partial charge < -0.3 is 9.73 Å². The molecule has 1 amide bonds. The highest BCUT2D eigenvalue weighted by atomic mass is 32.2. The molecule has 1 fully saturated rings. The quantitative estimate of drug-likeness (QED) is 0.896. The van der Waals surface area contributed by atoms with Crippen LogP contribution in [-0.2, 0) is 11.3 Å². The molecule has 2 N–H and O–H groups in total. The molecule has 2 heterocycles. The van der Waals surface area contributed by atoms with Crippen LogP contribution in [0.3, 0.4) is 0 Å². The number of carbonyl (C=O) groups is 1. The first kappa shape index (κ1) is 14.4. The number of amides is 1. The Balaban J connectivity index is 1.73. The molecule has 1 aliphatic carbocycles. The van der Waals surface area contributed by atoms with Crippen LogP contribution in [0.15, 0.2) is 34.0 Å². The highest BCUT2D eigenvalue weighted by molar-refractivity contribution is 8.15. The van der Waals surface area contributed by atoms with Gasteiger partial charge in [-0.05, 0) is 37.0 Å². The summed E-state index contributed by atoms with van der Waals surface area (Å²) in [6.07, 6.45) is 8.50. The van der Waals surface area contributed by atoms with Crippen molar-refractivity contribution in [2.24, 2.45) is 0 Å². The number of thioether (sulfide) groups is 1.